The van der Waals surface area contributed by atoms with Gasteiger partial charge in [-0.3, -0.25) is 0 Å². The van der Waals surface area contributed by atoms with Crippen molar-refractivity contribution in [2.45, 2.75) is 25.4 Å². The smallest absolute Gasteiger partial charge is 0.131 e. The van der Waals surface area contributed by atoms with Crippen molar-refractivity contribution in [3.05, 3.63) is 58.6 Å². The van der Waals surface area contributed by atoms with Crippen molar-refractivity contribution in [2.24, 2.45) is 0 Å². The molecular formula is C16H14ClF2N. The van der Waals surface area contributed by atoms with Crippen LogP contribution in [0.2, 0.25) is 5.02 Å². The summed E-state index contributed by atoms with van der Waals surface area (Å²) in [6.45, 7) is 0.705. The van der Waals surface area contributed by atoms with Crippen molar-refractivity contribution in [1.82, 2.24) is 5.32 Å². The van der Waals surface area contributed by atoms with Crippen LogP contribution in [0.1, 0.15) is 18.4 Å². The third-order valence-electron chi connectivity index (χ3n) is 3.42. The van der Waals surface area contributed by atoms with E-state index in [4.69, 9.17) is 11.6 Å². The Balaban J connectivity index is 1.92. The number of benzene rings is 2. The summed E-state index contributed by atoms with van der Waals surface area (Å²) in [7, 11) is 0. The molecule has 1 aliphatic rings. The summed E-state index contributed by atoms with van der Waals surface area (Å²) >= 11 is 6.00. The lowest BCUT2D eigenvalue weighted by molar-refractivity contribution is 0.624. The fourth-order valence-electron chi connectivity index (χ4n) is 2.15. The van der Waals surface area contributed by atoms with E-state index in [0.717, 1.165) is 5.56 Å². The fraction of sp³-hybridized carbons (Fsp3) is 0.250. The molecule has 0 aromatic heterocycles. The highest BCUT2D eigenvalue weighted by Crippen LogP contribution is 2.31. The maximum atomic E-state index is 14.0. The van der Waals surface area contributed by atoms with E-state index in [1.54, 1.807) is 12.1 Å². The van der Waals surface area contributed by atoms with Gasteiger partial charge in [0.05, 0.1) is 5.02 Å². The largest absolute Gasteiger partial charge is 0.310 e. The first-order valence-electron chi connectivity index (χ1n) is 6.61. The Morgan fingerprint density at radius 1 is 1.05 bits per heavy atom. The molecule has 3 rings (SSSR count). The Labute approximate surface area is 121 Å². The monoisotopic (exact) mass is 293 g/mol. The highest BCUT2D eigenvalue weighted by Gasteiger charge is 2.20. The van der Waals surface area contributed by atoms with Crippen molar-refractivity contribution >= 4 is 11.6 Å². The molecule has 2 aromatic carbocycles. The molecule has 0 bridgehead atoms. The van der Waals surface area contributed by atoms with Gasteiger partial charge in [0.15, 0.2) is 0 Å². The molecule has 104 valence electrons. The second-order valence-corrected chi connectivity index (χ2v) is 5.50. The lowest BCUT2D eigenvalue weighted by Gasteiger charge is -2.09. The highest BCUT2D eigenvalue weighted by atomic mass is 35.5. The first-order valence-corrected chi connectivity index (χ1v) is 6.98. The molecule has 1 fully saturated rings. The second-order valence-electron chi connectivity index (χ2n) is 5.09. The molecule has 2 aromatic rings. The zero-order valence-corrected chi connectivity index (χ0v) is 11.6. The predicted molar refractivity (Wildman–Crippen MR) is 76.7 cm³/mol. The van der Waals surface area contributed by atoms with Crippen molar-refractivity contribution in [1.29, 1.82) is 0 Å². The third kappa shape index (κ3) is 3.00. The van der Waals surface area contributed by atoms with E-state index in [2.05, 4.69) is 5.32 Å². The standard InChI is InChI=1S/C16H14ClF2N/c17-15-8-11(18)2-5-13(15)14-7-10(1-6-16(14)19)9-20-12-3-4-12/h1-2,5-8,12,20H,3-4,9H2. The minimum absolute atomic E-state index is 0.219. The van der Waals surface area contributed by atoms with Crippen molar-refractivity contribution < 1.29 is 8.78 Å². The number of rotatable bonds is 4. The first kappa shape index (κ1) is 13.5. The molecule has 0 saturated heterocycles. The van der Waals surface area contributed by atoms with Gasteiger partial charge >= 0.3 is 0 Å². The Hall–Kier alpha value is -1.45. The number of hydrogen-bond acceptors (Lipinski definition) is 1. The average molecular weight is 294 g/mol. The minimum Gasteiger partial charge on any atom is -0.310 e. The van der Waals surface area contributed by atoms with Crippen LogP contribution in [-0.2, 0) is 6.54 Å². The summed E-state index contributed by atoms with van der Waals surface area (Å²) in [6.07, 6.45) is 2.41. The topological polar surface area (TPSA) is 12.0 Å². The summed E-state index contributed by atoms with van der Waals surface area (Å²) in [5.41, 5.74) is 1.91. The normalized spacial score (nSPS) is 14.6. The molecule has 0 atom stereocenters. The zero-order chi connectivity index (χ0) is 14.1. The van der Waals surface area contributed by atoms with Crippen molar-refractivity contribution in [2.75, 3.05) is 0 Å². The summed E-state index contributed by atoms with van der Waals surface area (Å²) in [6, 6.07) is 9.54. The SMILES string of the molecule is Fc1ccc(-c2cc(CNC3CC3)ccc2F)c(Cl)c1. The van der Waals surface area contributed by atoms with E-state index in [-0.39, 0.29) is 10.8 Å². The Bertz CT molecular complexity index is 638. The van der Waals surface area contributed by atoms with Crippen LogP contribution in [0.3, 0.4) is 0 Å². The van der Waals surface area contributed by atoms with E-state index in [1.807, 2.05) is 0 Å². The van der Waals surface area contributed by atoms with Gasteiger partial charge in [0, 0.05) is 23.7 Å². The number of halogens is 3. The molecular weight excluding hydrogens is 280 g/mol. The van der Waals surface area contributed by atoms with Gasteiger partial charge in [-0.15, -0.1) is 0 Å². The van der Waals surface area contributed by atoms with Gasteiger partial charge in [-0.1, -0.05) is 17.7 Å². The summed E-state index contributed by atoms with van der Waals surface area (Å²) in [5.74, 6) is -0.778. The summed E-state index contributed by atoms with van der Waals surface area (Å²) in [5, 5.41) is 3.60. The van der Waals surface area contributed by atoms with Crippen molar-refractivity contribution in [3.63, 3.8) is 0 Å². The Morgan fingerprint density at radius 2 is 1.85 bits per heavy atom. The third-order valence-corrected chi connectivity index (χ3v) is 3.74. The molecule has 0 aliphatic heterocycles. The molecule has 0 radical (unpaired) electrons. The molecule has 0 amide bonds. The van der Waals surface area contributed by atoms with Crippen LogP contribution in [0.4, 0.5) is 8.78 Å². The molecule has 0 spiro atoms. The van der Waals surface area contributed by atoms with Gasteiger partial charge in [-0.05, 0) is 48.7 Å². The summed E-state index contributed by atoms with van der Waals surface area (Å²) in [4.78, 5) is 0. The quantitative estimate of drug-likeness (QED) is 0.873. The molecule has 0 heterocycles. The summed E-state index contributed by atoms with van der Waals surface area (Å²) < 4.78 is 27.0. The van der Waals surface area contributed by atoms with Crippen LogP contribution in [-0.4, -0.2) is 6.04 Å². The van der Waals surface area contributed by atoms with E-state index in [9.17, 15) is 8.78 Å². The van der Waals surface area contributed by atoms with Gasteiger partial charge < -0.3 is 5.32 Å². The molecule has 20 heavy (non-hydrogen) atoms. The molecule has 1 nitrogen and oxygen atoms in total. The predicted octanol–water partition coefficient (Wildman–Crippen LogP) is 4.54. The molecule has 0 unspecified atom stereocenters. The van der Waals surface area contributed by atoms with Gasteiger partial charge in [0.2, 0.25) is 0 Å². The van der Waals surface area contributed by atoms with Gasteiger partial charge in [0.1, 0.15) is 11.6 Å². The average Bonchev–Trinajstić information content (AvgIpc) is 3.22. The van der Waals surface area contributed by atoms with Gasteiger partial charge in [-0.25, -0.2) is 8.78 Å². The maximum Gasteiger partial charge on any atom is 0.131 e. The van der Waals surface area contributed by atoms with E-state index in [1.165, 1.54) is 37.1 Å². The zero-order valence-electron chi connectivity index (χ0n) is 10.8. The number of hydrogen-bond donors (Lipinski definition) is 1. The molecule has 1 N–H and O–H groups in total. The van der Waals surface area contributed by atoms with Gasteiger partial charge in [-0.2, -0.15) is 0 Å². The van der Waals surface area contributed by atoms with Gasteiger partial charge in [0.25, 0.3) is 0 Å². The van der Waals surface area contributed by atoms with E-state index in [0.29, 0.717) is 23.7 Å². The lowest BCUT2D eigenvalue weighted by Crippen LogP contribution is -2.15. The Kier molecular flexibility index (Phi) is 3.72. The second kappa shape index (κ2) is 5.51. The van der Waals surface area contributed by atoms with Crippen LogP contribution < -0.4 is 5.32 Å². The lowest BCUT2D eigenvalue weighted by atomic mass is 10.0. The van der Waals surface area contributed by atoms with Crippen LogP contribution in [0.25, 0.3) is 11.1 Å². The molecule has 4 heteroatoms. The molecule has 1 aliphatic carbocycles. The van der Waals surface area contributed by atoms with Crippen LogP contribution >= 0.6 is 11.6 Å². The van der Waals surface area contributed by atoms with Crippen LogP contribution in [0, 0.1) is 11.6 Å². The Morgan fingerprint density at radius 3 is 2.55 bits per heavy atom. The molecule has 1 saturated carbocycles. The highest BCUT2D eigenvalue weighted by molar-refractivity contribution is 6.33. The minimum atomic E-state index is -0.425. The van der Waals surface area contributed by atoms with Crippen molar-refractivity contribution in [3.8, 4) is 11.1 Å². The van der Waals surface area contributed by atoms with E-state index < -0.39 is 5.82 Å². The van der Waals surface area contributed by atoms with Crippen LogP contribution in [0.15, 0.2) is 36.4 Å². The van der Waals surface area contributed by atoms with E-state index >= 15 is 0 Å². The number of nitrogens with one attached hydrogen (secondary N) is 1. The maximum absolute atomic E-state index is 14.0. The fourth-order valence-corrected chi connectivity index (χ4v) is 2.42. The first-order chi connectivity index (χ1) is 9.63. The van der Waals surface area contributed by atoms with Crippen LogP contribution in [0.5, 0.6) is 0 Å².